The molecule has 0 spiro atoms. The number of aromatic hydroxyl groups is 1. The summed E-state index contributed by atoms with van der Waals surface area (Å²) in [5.74, 6) is -1.99. The smallest absolute Gasteiger partial charge is 0.451 e. The average molecular weight is 390 g/mol. The average Bonchev–Trinajstić information content (AvgIpc) is 3.09. The molecule has 1 aromatic carbocycles. The lowest BCUT2D eigenvalue weighted by atomic mass is 9.82. The first-order valence-electron chi connectivity index (χ1n) is 8.58. The van der Waals surface area contributed by atoms with Gasteiger partial charge in [-0.2, -0.15) is 15.4 Å². The fourth-order valence-corrected chi connectivity index (χ4v) is 2.88. The molecule has 0 aliphatic carbocycles. The zero-order chi connectivity index (χ0) is 20.3. The number of carbonyl (C=O) groups excluding carboxylic acids is 1. The number of carboxylic acid groups (broad SMARTS) is 1. The van der Waals surface area contributed by atoms with Crippen LogP contribution < -0.4 is 4.74 Å². The van der Waals surface area contributed by atoms with Crippen molar-refractivity contribution in [1.82, 2.24) is 20.3 Å². The molecule has 0 bridgehead atoms. The number of rotatable bonds is 8. The third-order valence-electron chi connectivity index (χ3n) is 4.40. The Bertz CT molecular complexity index is 853. The standard InChI is InChI=1S/C16H19BN4O7/c22-13(5-10-6-18-20-19-10)21-7-11(8-21)28-12-2-1-9(3-4-17(26)27)15(23)14(12)16(24)25/h1-2,6,11,23,26-27H,3-5,7-8H2,(H,24,25)(H,18,19,20). The van der Waals surface area contributed by atoms with Gasteiger partial charge in [0.05, 0.1) is 31.4 Å². The number of benzene rings is 1. The second-order valence-corrected chi connectivity index (χ2v) is 6.45. The highest BCUT2D eigenvalue weighted by Crippen LogP contribution is 2.34. The SMILES string of the molecule is O=C(O)c1c(OC2CN(C(=O)Cc3cn[nH]n3)C2)ccc(CCB(O)O)c1O. The van der Waals surface area contributed by atoms with E-state index in [0.717, 1.165) is 0 Å². The molecule has 3 rings (SSSR count). The van der Waals surface area contributed by atoms with Gasteiger partial charge in [0.25, 0.3) is 0 Å². The van der Waals surface area contributed by atoms with Crippen LogP contribution in [0.15, 0.2) is 18.3 Å². The predicted molar refractivity (Wildman–Crippen MR) is 94.9 cm³/mol. The summed E-state index contributed by atoms with van der Waals surface area (Å²) in [5.41, 5.74) is 0.407. The van der Waals surface area contributed by atoms with Gasteiger partial charge in [-0.25, -0.2) is 4.79 Å². The maximum atomic E-state index is 12.1. The molecule has 5 N–H and O–H groups in total. The second kappa shape index (κ2) is 8.27. The van der Waals surface area contributed by atoms with Gasteiger partial charge in [-0.3, -0.25) is 4.79 Å². The summed E-state index contributed by atoms with van der Waals surface area (Å²) in [4.78, 5) is 25.2. The van der Waals surface area contributed by atoms with Gasteiger partial charge in [0.1, 0.15) is 23.2 Å². The fourth-order valence-electron chi connectivity index (χ4n) is 2.88. The third kappa shape index (κ3) is 4.40. The van der Waals surface area contributed by atoms with Gasteiger partial charge in [0.15, 0.2) is 0 Å². The summed E-state index contributed by atoms with van der Waals surface area (Å²) in [7, 11) is -1.56. The van der Waals surface area contributed by atoms with Crippen LogP contribution in [0.4, 0.5) is 0 Å². The molecular formula is C16H19BN4O7. The van der Waals surface area contributed by atoms with Crippen molar-refractivity contribution in [2.75, 3.05) is 13.1 Å². The molecular weight excluding hydrogens is 371 g/mol. The molecule has 0 saturated carbocycles. The van der Waals surface area contributed by atoms with Crippen molar-refractivity contribution in [3.05, 3.63) is 35.2 Å². The Hall–Kier alpha value is -3.12. The summed E-state index contributed by atoms with van der Waals surface area (Å²) in [6, 6.07) is 2.90. The molecule has 0 atom stereocenters. The lowest BCUT2D eigenvalue weighted by Gasteiger charge is -2.39. The van der Waals surface area contributed by atoms with Crippen LogP contribution >= 0.6 is 0 Å². The van der Waals surface area contributed by atoms with Gasteiger partial charge in [-0.1, -0.05) is 6.07 Å². The van der Waals surface area contributed by atoms with Crippen molar-refractivity contribution >= 4 is 19.0 Å². The number of aryl methyl sites for hydroxylation is 1. The minimum Gasteiger partial charge on any atom is -0.507 e. The Balaban J connectivity index is 1.62. The van der Waals surface area contributed by atoms with Gasteiger partial charge in [0.2, 0.25) is 5.91 Å². The van der Waals surface area contributed by atoms with Crippen LogP contribution in [-0.2, 0) is 17.6 Å². The van der Waals surface area contributed by atoms with Gasteiger partial charge in [-0.15, -0.1) is 0 Å². The van der Waals surface area contributed by atoms with E-state index < -0.39 is 30.5 Å². The second-order valence-electron chi connectivity index (χ2n) is 6.45. The van der Waals surface area contributed by atoms with Crippen molar-refractivity contribution < 1.29 is 34.6 Å². The summed E-state index contributed by atoms with van der Waals surface area (Å²) in [5, 5.41) is 47.4. The van der Waals surface area contributed by atoms with E-state index in [1.165, 1.54) is 18.3 Å². The van der Waals surface area contributed by atoms with E-state index in [1.807, 2.05) is 0 Å². The molecule has 1 fully saturated rings. The van der Waals surface area contributed by atoms with Crippen molar-refractivity contribution in [2.24, 2.45) is 0 Å². The van der Waals surface area contributed by atoms with Crippen LogP contribution in [0.3, 0.4) is 0 Å². The lowest BCUT2D eigenvalue weighted by molar-refractivity contribution is -0.139. The molecule has 11 nitrogen and oxygen atoms in total. The van der Waals surface area contributed by atoms with Gasteiger partial charge in [0, 0.05) is 0 Å². The molecule has 148 valence electrons. The number of ether oxygens (including phenoxy) is 1. The zero-order valence-corrected chi connectivity index (χ0v) is 14.8. The van der Waals surface area contributed by atoms with Crippen molar-refractivity contribution in [1.29, 1.82) is 0 Å². The first kappa shape index (κ1) is 19.6. The summed E-state index contributed by atoms with van der Waals surface area (Å²) in [6.07, 6.45) is 1.22. The van der Waals surface area contributed by atoms with E-state index in [2.05, 4.69) is 15.4 Å². The summed E-state index contributed by atoms with van der Waals surface area (Å²) in [6.45, 7) is 0.573. The maximum absolute atomic E-state index is 12.1. The number of carbonyl (C=O) groups is 2. The Morgan fingerprint density at radius 2 is 2.07 bits per heavy atom. The molecule has 1 aliphatic heterocycles. The maximum Gasteiger partial charge on any atom is 0.451 e. The fraction of sp³-hybridized carbons (Fsp3) is 0.375. The number of nitrogens with one attached hydrogen (secondary N) is 1. The van der Waals surface area contributed by atoms with Crippen LogP contribution in [0.1, 0.15) is 21.6 Å². The highest BCUT2D eigenvalue weighted by Gasteiger charge is 2.34. The van der Waals surface area contributed by atoms with E-state index in [0.29, 0.717) is 5.69 Å². The molecule has 1 saturated heterocycles. The predicted octanol–water partition coefficient (Wildman–Crippen LogP) is -0.944. The minimum absolute atomic E-state index is 0.00750. The van der Waals surface area contributed by atoms with Crippen molar-refractivity contribution in [3.63, 3.8) is 0 Å². The zero-order valence-electron chi connectivity index (χ0n) is 14.8. The number of hydrogen-bond acceptors (Lipinski definition) is 8. The van der Waals surface area contributed by atoms with Gasteiger partial charge < -0.3 is 29.9 Å². The molecule has 1 aliphatic rings. The lowest BCUT2D eigenvalue weighted by Crippen LogP contribution is -2.56. The number of hydrogen-bond donors (Lipinski definition) is 5. The monoisotopic (exact) mass is 390 g/mol. The highest BCUT2D eigenvalue weighted by molar-refractivity contribution is 6.41. The van der Waals surface area contributed by atoms with E-state index in [9.17, 15) is 19.8 Å². The number of carboxylic acids is 1. The normalized spacial score (nSPS) is 13.9. The number of nitrogens with zero attached hydrogens (tertiary/aromatic N) is 3. The van der Waals surface area contributed by atoms with E-state index in [4.69, 9.17) is 14.8 Å². The number of H-pyrrole nitrogens is 1. The Kier molecular flexibility index (Phi) is 5.80. The Morgan fingerprint density at radius 3 is 2.68 bits per heavy atom. The quantitative estimate of drug-likeness (QED) is 0.357. The van der Waals surface area contributed by atoms with Crippen LogP contribution in [-0.4, -0.2) is 78.8 Å². The number of aromatic carboxylic acids is 1. The largest absolute Gasteiger partial charge is 0.507 e. The van der Waals surface area contributed by atoms with Crippen molar-refractivity contribution in [3.8, 4) is 11.5 Å². The van der Waals surface area contributed by atoms with Gasteiger partial charge in [-0.05, 0) is 24.4 Å². The number of likely N-dealkylation sites (tertiary alicyclic amines) is 1. The third-order valence-corrected chi connectivity index (χ3v) is 4.40. The molecule has 0 unspecified atom stereocenters. The molecule has 28 heavy (non-hydrogen) atoms. The Morgan fingerprint density at radius 1 is 1.32 bits per heavy atom. The molecule has 0 radical (unpaired) electrons. The number of aromatic amines is 1. The van der Waals surface area contributed by atoms with Crippen LogP contribution in [0.25, 0.3) is 0 Å². The number of amides is 1. The first-order valence-corrected chi connectivity index (χ1v) is 8.58. The molecule has 2 aromatic rings. The van der Waals surface area contributed by atoms with Crippen LogP contribution in [0.5, 0.6) is 11.5 Å². The minimum atomic E-state index is -1.56. The topological polar surface area (TPSA) is 169 Å². The summed E-state index contributed by atoms with van der Waals surface area (Å²) >= 11 is 0. The van der Waals surface area contributed by atoms with Crippen molar-refractivity contribution in [2.45, 2.75) is 25.3 Å². The van der Waals surface area contributed by atoms with E-state index >= 15 is 0 Å². The highest BCUT2D eigenvalue weighted by atomic mass is 16.5. The number of aromatic nitrogens is 3. The number of phenols is 1. The van der Waals surface area contributed by atoms with Crippen LogP contribution in [0.2, 0.25) is 6.32 Å². The molecule has 1 aromatic heterocycles. The summed E-state index contributed by atoms with van der Waals surface area (Å²) < 4.78 is 5.65. The molecule has 1 amide bonds. The Labute approximate surface area is 159 Å². The van der Waals surface area contributed by atoms with E-state index in [-0.39, 0.29) is 49.5 Å². The van der Waals surface area contributed by atoms with Crippen LogP contribution in [0, 0.1) is 0 Å². The molecule has 12 heteroatoms. The first-order chi connectivity index (χ1) is 13.3. The van der Waals surface area contributed by atoms with E-state index in [1.54, 1.807) is 4.90 Å². The van der Waals surface area contributed by atoms with Gasteiger partial charge >= 0.3 is 13.1 Å². The molecule has 2 heterocycles.